The fraction of sp³-hybridized carbons (Fsp3) is 0.364. The molecule has 0 aliphatic heterocycles. The maximum absolute atomic E-state index is 12.2. The zero-order valence-electron chi connectivity index (χ0n) is 10.4. The van der Waals surface area contributed by atoms with Gasteiger partial charge >= 0.3 is 6.18 Å². The Bertz CT molecular complexity index is 640. The van der Waals surface area contributed by atoms with Crippen molar-refractivity contribution >= 4 is 33.1 Å². The van der Waals surface area contributed by atoms with Crippen LogP contribution >= 0.6 is 11.3 Å². The Morgan fingerprint density at radius 1 is 1.55 bits per heavy atom. The number of hydrogen-bond acceptors (Lipinski definition) is 5. The normalized spacial score (nSPS) is 13.4. The minimum absolute atomic E-state index is 0.148. The Balaban J connectivity index is 2.17. The van der Waals surface area contributed by atoms with Crippen LogP contribution in [0.2, 0.25) is 0 Å². The molecule has 0 radical (unpaired) electrons. The van der Waals surface area contributed by atoms with Gasteiger partial charge in [0.15, 0.2) is 0 Å². The van der Waals surface area contributed by atoms with Gasteiger partial charge in [-0.3, -0.25) is 4.79 Å². The van der Waals surface area contributed by atoms with Crippen molar-refractivity contribution in [2.45, 2.75) is 25.6 Å². The van der Waals surface area contributed by atoms with Gasteiger partial charge < -0.3 is 11.1 Å². The minimum atomic E-state index is -4.33. The topological polar surface area (TPSA) is 80.9 Å². The van der Waals surface area contributed by atoms with Gasteiger partial charge in [-0.25, -0.2) is 0 Å². The number of nitrogen functional groups attached to an aromatic ring is 1. The number of aromatic nitrogens is 2. The number of fused-ring (bicyclic) bond motifs is 1. The molecule has 0 fully saturated rings. The highest BCUT2D eigenvalue weighted by Crippen LogP contribution is 2.31. The number of thiophene rings is 1. The summed E-state index contributed by atoms with van der Waals surface area (Å²) >= 11 is 1.00. The fourth-order valence-corrected chi connectivity index (χ4v) is 2.67. The average molecular weight is 304 g/mol. The van der Waals surface area contributed by atoms with Crippen LogP contribution in [0.1, 0.15) is 23.0 Å². The molecule has 2 aromatic rings. The molecule has 0 bridgehead atoms. The van der Waals surface area contributed by atoms with Gasteiger partial charge in [0.05, 0.1) is 18.3 Å². The number of nitrogens with two attached hydrogens (primary N) is 1. The largest absolute Gasteiger partial charge is 0.397 e. The molecule has 3 N–H and O–H groups in total. The SMILES string of the molecule is CC(CC(F)(F)F)NC(=O)c1sc2nnccc2c1N. The first-order valence-electron chi connectivity index (χ1n) is 5.65. The van der Waals surface area contributed by atoms with Gasteiger partial charge in [0, 0.05) is 11.4 Å². The first-order valence-corrected chi connectivity index (χ1v) is 6.47. The van der Waals surface area contributed by atoms with Crippen molar-refractivity contribution in [1.82, 2.24) is 15.5 Å². The molecule has 0 spiro atoms. The van der Waals surface area contributed by atoms with Crippen LogP contribution in [0.4, 0.5) is 18.9 Å². The van der Waals surface area contributed by atoms with Crippen molar-refractivity contribution in [3.05, 3.63) is 17.1 Å². The van der Waals surface area contributed by atoms with Gasteiger partial charge in [-0.05, 0) is 13.0 Å². The average Bonchev–Trinajstić information content (AvgIpc) is 2.65. The number of halogens is 3. The zero-order valence-corrected chi connectivity index (χ0v) is 11.2. The molecule has 2 rings (SSSR count). The lowest BCUT2D eigenvalue weighted by Gasteiger charge is -2.15. The number of carbonyl (C=O) groups excluding carboxylic acids is 1. The number of anilines is 1. The van der Waals surface area contributed by atoms with E-state index in [0.717, 1.165) is 11.3 Å². The lowest BCUT2D eigenvalue weighted by atomic mass is 10.2. The molecule has 0 saturated carbocycles. The predicted octanol–water partition coefficient (Wildman–Crippen LogP) is 2.34. The Labute approximate surface area is 116 Å². The van der Waals surface area contributed by atoms with Crippen molar-refractivity contribution in [1.29, 1.82) is 0 Å². The van der Waals surface area contributed by atoms with Gasteiger partial charge in [0.1, 0.15) is 9.71 Å². The second kappa shape index (κ2) is 5.23. The van der Waals surface area contributed by atoms with Crippen LogP contribution in [-0.4, -0.2) is 28.3 Å². The molecule has 9 heteroatoms. The maximum Gasteiger partial charge on any atom is 0.391 e. The molecule has 0 saturated heterocycles. The van der Waals surface area contributed by atoms with Crippen LogP contribution in [0, 0.1) is 0 Å². The summed E-state index contributed by atoms with van der Waals surface area (Å²) in [5.41, 5.74) is 6.01. The third kappa shape index (κ3) is 3.16. The van der Waals surface area contributed by atoms with Gasteiger partial charge in [0.25, 0.3) is 5.91 Å². The van der Waals surface area contributed by atoms with E-state index in [2.05, 4.69) is 15.5 Å². The lowest BCUT2D eigenvalue weighted by Crippen LogP contribution is -2.35. The molecular formula is C11H11F3N4OS. The Morgan fingerprint density at radius 3 is 2.85 bits per heavy atom. The van der Waals surface area contributed by atoms with Gasteiger partial charge in [-0.2, -0.15) is 18.3 Å². The van der Waals surface area contributed by atoms with Crippen LogP contribution in [0.5, 0.6) is 0 Å². The van der Waals surface area contributed by atoms with Crippen LogP contribution in [0.25, 0.3) is 10.2 Å². The quantitative estimate of drug-likeness (QED) is 0.912. The van der Waals surface area contributed by atoms with E-state index in [1.54, 1.807) is 6.07 Å². The van der Waals surface area contributed by atoms with Crippen LogP contribution in [0.15, 0.2) is 12.3 Å². The van der Waals surface area contributed by atoms with E-state index in [1.165, 1.54) is 13.1 Å². The summed E-state index contributed by atoms with van der Waals surface area (Å²) in [5.74, 6) is -0.637. The monoisotopic (exact) mass is 304 g/mol. The molecule has 0 aromatic carbocycles. The molecule has 1 amide bonds. The van der Waals surface area contributed by atoms with Crippen LogP contribution in [0.3, 0.4) is 0 Å². The van der Waals surface area contributed by atoms with E-state index in [4.69, 9.17) is 5.73 Å². The summed E-state index contributed by atoms with van der Waals surface area (Å²) in [4.78, 5) is 12.6. The molecule has 108 valence electrons. The van der Waals surface area contributed by atoms with Gasteiger partial charge in [0.2, 0.25) is 0 Å². The smallest absolute Gasteiger partial charge is 0.391 e. The summed E-state index contributed by atoms with van der Waals surface area (Å²) < 4.78 is 36.6. The van der Waals surface area contributed by atoms with Gasteiger partial charge in [-0.1, -0.05) is 0 Å². The number of amides is 1. The van der Waals surface area contributed by atoms with E-state index in [9.17, 15) is 18.0 Å². The number of alkyl halides is 3. The standard InChI is InChI=1S/C11H11F3N4OS/c1-5(4-11(12,13)14)17-9(19)8-7(15)6-2-3-16-18-10(6)20-8/h2-3,5H,4,15H2,1H3,(H,17,19). The molecule has 2 heterocycles. The number of nitrogens with zero attached hydrogens (tertiary/aromatic N) is 2. The molecule has 2 aromatic heterocycles. The Morgan fingerprint density at radius 2 is 2.25 bits per heavy atom. The summed E-state index contributed by atoms with van der Waals surface area (Å²) in [7, 11) is 0. The molecule has 0 aliphatic rings. The van der Waals surface area contributed by atoms with Crippen molar-refractivity contribution in [2.75, 3.05) is 5.73 Å². The highest BCUT2D eigenvalue weighted by molar-refractivity contribution is 7.21. The third-order valence-electron chi connectivity index (χ3n) is 2.54. The first-order chi connectivity index (χ1) is 9.28. The number of hydrogen-bond donors (Lipinski definition) is 2. The van der Waals surface area contributed by atoms with Crippen molar-refractivity contribution in [3.8, 4) is 0 Å². The van der Waals surface area contributed by atoms with Crippen molar-refractivity contribution < 1.29 is 18.0 Å². The molecule has 1 unspecified atom stereocenters. The Kier molecular flexibility index (Phi) is 3.80. The van der Waals surface area contributed by atoms with Crippen LogP contribution in [-0.2, 0) is 0 Å². The van der Waals surface area contributed by atoms with E-state index in [-0.39, 0.29) is 10.6 Å². The molecule has 20 heavy (non-hydrogen) atoms. The highest BCUT2D eigenvalue weighted by atomic mass is 32.1. The highest BCUT2D eigenvalue weighted by Gasteiger charge is 2.31. The Hall–Kier alpha value is -1.90. The minimum Gasteiger partial charge on any atom is -0.397 e. The van der Waals surface area contributed by atoms with Crippen molar-refractivity contribution in [2.24, 2.45) is 0 Å². The van der Waals surface area contributed by atoms with E-state index < -0.39 is 24.5 Å². The zero-order chi connectivity index (χ0) is 14.9. The van der Waals surface area contributed by atoms with E-state index >= 15 is 0 Å². The number of rotatable bonds is 3. The lowest BCUT2D eigenvalue weighted by molar-refractivity contribution is -0.138. The fourth-order valence-electron chi connectivity index (χ4n) is 1.73. The van der Waals surface area contributed by atoms with Crippen LogP contribution < -0.4 is 11.1 Å². The second-order valence-corrected chi connectivity index (χ2v) is 5.29. The summed E-state index contributed by atoms with van der Waals surface area (Å²) in [6.07, 6.45) is -3.99. The molecular weight excluding hydrogens is 293 g/mol. The summed E-state index contributed by atoms with van der Waals surface area (Å²) in [6, 6.07) is 0.572. The van der Waals surface area contributed by atoms with Gasteiger partial charge in [-0.15, -0.1) is 16.4 Å². The third-order valence-corrected chi connectivity index (χ3v) is 3.65. The first kappa shape index (κ1) is 14.5. The molecule has 5 nitrogen and oxygen atoms in total. The van der Waals surface area contributed by atoms with E-state index in [0.29, 0.717) is 10.2 Å². The number of carbonyl (C=O) groups is 1. The number of nitrogens with one attached hydrogen (secondary N) is 1. The molecule has 0 aliphatic carbocycles. The summed E-state index contributed by atoms with van der Waals surface area (Å²) in [6.45, 7) is 1.29. The second-order valence-electron chi connectivity index (χ2n) is 4.29. The molecule has 1 atom stereocenters. The maximum atomic E-state index is 12.2. The predicted molar refractivity (Wildman–Crippen MR) is 69.4 cm³/mol. The van der Waals surface area contributed by atoms with E-state index in [1.807, 2.05) is 0 Å². The van der Waals surface area contributed by atoms with Crippen molar-refractivity contribution in [3.63, 3.8) is 0 Å². The summed E-state index contributed by atoms with van der Waals surface area (Å²) in [5, 5.41) is 10.3.